The number of hydrogen-bond donors (Lipinski definition) is 0. The lowest BCUT2D eigenvalue weighted by atomic mass is 10.1. The van der Waals surface area contributed by atoms with Gasteiger partial charge in [-0.1, -0.05) is 0 Å². The molecule has 1 aliphatic rings. The van der Waals surface area contributed by atoms with Crippen LogP contribution < -0.4 is 0 Å². The normalized spacial score (nSPS) is 20.7. The van der Waals surface area contributed by atoms with E-state index >= 15 is 0 Å². The van der Waals surface area contributed by atoms with Crippen LogP contribution in [-0.4, -0.2) is 17.4 Å². The highest BCUT2D eigenvalue weighted by Gasteiger charge is 2.27. The van der Waals surface area contributed by atoms with E-state index in [9.17, 15) is 4.79 Å². The molecule has 0 bridgehead atoms. The summed E-state index contributed by atoms with van der Waals surface area (Å²) in [5.74, 6) is 0.0438. The van der Waals surface area contributed by atoms with Gasteiger partial charge in [-0.15, -0.1) is 11.3 Å². The van der Waals surface area contributed by atoms with Crippen LogP contribution in [0.3, 0.4) is 0 Å². The van der Waals surface area contributed by atoms with Crippen LogP contribution in [-0.2, 0) is 11.3 Å². The zero-order valence-electron chi connectivity index (χ0n) is 8.27. The predicted molar refractivity (Wildman–Crippen MR) is 57.9 cm³/mol. The van der Waals surface area contributed by atoms with Crippen molar-refractivity contribution in [3.05, 3.63) is 28.8 Å². The third-order valence-corrected chi connectivity index (χ3v) is 3.46. The predicted octanol–water partition coefficient (Wildman–Crippen LogP) is 1.80. The van der Waals surface area contributed by atoms with Crippen LogP contribution in [0, 0.1) is 24.2 Å². The molecule has 2 heterocycles. The molecule has 0 spiro atoms. The minimum atomic E-state index is -0.0830. The number of amides is 1. The first-order valence-corrected chi connectivity index (χ1v) is 5.68. The van der Waals surface area contributed by atoms with Crippen molar-refractivity contribution < 1.29 is 4.79 Å². The van der Waals surface area contributed by atoms with Gasteiger partial charge in [0.1, 0.15) is 6.07 Å². The zero-order chi connectivity index (χ0) is 10.8. The Hall–Kier alpha value is -1.34. The highest BCUT2D eigenvalue weighted by Crippen LogP contribution is 2.22. The number of carbonyl (C=O) groups is 1. The van der Waals surface area contributed by atoms with Crippen LogP contribution in [0.4, 0.5) is 0 Å². The third-order valence-electron chi connectivity index (χ3n) is 2.54. The lowest BCUT2D eigenvalue weighted by Gasteiger charge is -2.14. The second-order valence-electron chi connectivity index (χ2n) is 3.66. The van der Waals surface area contributed by atoms with E-state index in [2.05, 4.69) is 13.0 Å². The molecule has 1 atom stereocenters. The first-order chi connectivity index (χ1) is 7.20. The molecule has 1 aliphatic heterocycles. The summed E-state index contributed by atoms with van der Waals surface area (Å²) in [5.41, 5.74) is 0.674. The summed E-state index contributed by atoms with van der Waals surface area (Å²) in [6, 6.07) is 3.93. The maximum atomic E-state index is 11.6. The fraction of sp³-hybridized carbons (Fsp3) is 0.364. The number of likely N-dealkylation sites (tertiary alicyclic amines) is 1. The van der Waals surface area contributed by atoms with Gasteiger partial charge >= 0.3 is 0 Å². The zero-order valence-corrected chi connectivity index (χ0v) is 9.09. The second kappa shape index (κ2) is 4.03. The molecular formula is C11H11N2OS. The van der Waals surface area contributed by atoms with Crippen molar-refractivity contribution in [3.8, 4) is 6.07 Å². The van der Waals surface area contributed by atoms with Gasteiger partial charge in [0.05, 0.1) is 12.1 Å². The number of thiophene rings is 1. The Kier molecular flexibility index (Phi) is 2.74. The van der Waals surface area contributed by atoms with Crippen LogP contribution >= 0.6 is 11.3 Å². The van der Waals surface area contributed by atoms with Gasteiger partial charge in [-0.3, -0.25) is 4.79 Å². The van der Waals surface area contributed by atoms with E-state index < -0.39 is 0 Å². The minimum Gasteiger partial charge on any atom is -0.337 e. The minimum absolute atomic E-state index is 0.0830. The molecule has 2 rings (SSSR count). The summed E-state index contributed by atoms with van der Waals surface area (Å²) in [7, 11) is 0. The van der Waals surface area contributed by atoms with Crippen molar-refractivity contribution in [2.24, 2.45) is 5.92 Å². The maximum Gasteiger partial charge on any atom is 0.226 e. The van der Waals surface area contributed by atoms with Gasteiger partial charge in [0.2, 0.25) is 5.91 Å². The third kappa shape index (κ3) is 2.02. The Morgan fingerprint density at radius 3 is 3.07 bits per heavy atom. The van der Waals surface area contributed by atoms with Gasteiger partial charge in [0, 0.05) is 22.7 Å². The Labute approximate surface area is 92.9 Å². The lowest BCUT2D eigenvalue weighted by Crippen LogP contribution is -2.25. The summed E-state index contributed by atoms with van der Waals surface area (Å²) in [6.45, 7) is 5.20. The highest BCUT2D eigenvalue weighted by molar-refractivity contribution is 7.10. The summed E-state index contributed by atoms with van der Waals surface area (Å²) in [6.07, 6.45) is 0.843. The van der Waals surface area contributed by atoms with E-state index in [0.29, 0.717) is 12.1 Å². The molecule has 1 saturated heterocycles. The van der Waals surface area contributed by atoms with Crippen molar-refractivity contribution in [1.29, 1.82) is 5.26 Å². The van der Waals surface area contributed by atoms with Crippen molar-refractivity contribution in [2.75, 3.05) is 6.54 Å². The lowest BCUT2D eigenvalue weighted by molar-refractivity contribution is -0.130. The van der Waals surface area contributed by atoms with Gasteiger partial charge in [0.15, 0.2) is 0 Å². The molecule has 1 radical (unpaired) electrons. The largest absolute Gasteiger partial charge is 0.337 e. The molecule has 0 saturated carbocycles. The van der Waals surface area contributed by atoms with Gasteiger partial charge < -0.3 is 4.90 Å². The van der Waals surface area contributed by atoms with E-state index in [-0.39, 0.29) is 11.8 Å². The Morgan fingerprint density at radius 1 is 1.73 bits per heavy atom. The molecule has 1 fully saturated rings. The summed E-state index contributed by atoms with van der Waals surface area (Å²) >= 11 is 1.53. The second-order valence-corrected chi connectivity index (χ2v) is 4.65. The molecule has 15 heavy (non-hydrogen) atoms. The first kappa shape index (κ1) is 10.2. The van der Waals surface area contributed by atoms with Crippen LogP contribution in [0.25, 0.3) is 0 Å². The molecule has 1 aromatic heterocycles. The SMILES string of the molecule is [CH2][C@H]1CCN(Cc2cc(C#N)cs2)C1=O. The van der Waals surface area contributed by atoms with Gasteiger partial charge in [0.25, 0.3) is 0 Å². The maximum absolute atomic E-state index is 11.6. The van der Waals surface area contributed by atoms with Gasteiger partial charge in [-0.2, -0.15) is 5.26 Å². The van der Waals surface area contributed by atoms with Crippen molar-refractivity contribution in [3.63, 3.8) is 0 Å². The standard InChI is InChI=1S/C11H11N2OS/c1-8-2-3-13(11(8)14)6-10-4-9(5-12)7-15-10/h4,7-8H,1-3,6H2/t8-/m0/s1. The number of nitrogens with zero attached hydrogens (tertiary/aromatic N) is 2. The van der Waals surface area contributed by atoms with Crippen molar-refractivity contribution in [1.82, 2.24) is 4.90 Å². The molecular weight excluding hydrogens is 208 g/mol. The molecule has 77 valence electrons. The van der Waals surface area contributed by atoms with E-state index in [1.807, 2.05) is 16.3 Å². The van der Waals surface area contributed by atoms with Gasteiger partial charge in [-0.05, 0) is 19.4 Å². The number of carbonyl (C=O) groups excluding carboxylic acids is 1. The van der Waals surface area contributed by atoms with E-state index in [1.54, 1.807) is 0 Å². The number of nitriles is 1. The molecule has 3 nitrogen and oxygen atoms in total. The number of hydrogen-bond acceptors (Lipinski definition) is 3. The fourth-order valence-corrected chi connectivity index (χ4v) is 2.50. The molecule has 0 aliphatic carbocycles. The smallest absolute Gasteiger partial charge is 0.226 e. The topological polar surface area (TPSA) is 44.1 Å². The summed E-state index contributed by atoms with van der Waals surface area (Å²) in [4.78, 5) is 14.5. The average Bonchev–Trinajstić information content (AvgIpc) is 2.80. The molecule has 0 unspecified atom stereocenters. The Morgan fingerprint density at radius 2 is 2.53 bits per heavy atom. The Balaban J connectivity index is 2.04. The van der Waals surface area contributed by atoms with E-state index in [0.717, 1.165) is 17.8 Å². The molecule has 1 aromatic rings. The highest BCUT2D eigenvalue weighted by atomic mass is 32.1. The average molecular weight is 219 g/mol. The van der Waals surface area contributed by atoms with Crippen LogP contribution in [0.2, 0.25) is 0 Å². The van der Waals surface area contributed by atoms with Crippen LogP contribution in [0.5, 0.6) is 0 Å². The summed E-state index contributed by atoms with van der Waals surface area (Å²) in [5, 5.41) is 10.5. The van der Waals surface area contributed by atoms with Crippen LogP contribution in [0.1, 0.15) is 16.9 Å². The Bertz CT molecular complexity index is 418. The molecule has 1 amide bonds. The quantitative estimate of drug-likeness (QED) is 0.761. The monoisotopic (exact) mass is 219 g/mol. The summed E-state index contributed by atoms with van der Waals surface area (Å²) < 4.78 is 0. The van der Waals surface area contributed by atoms with Crippen molar-refractivity contribution >= 4 is 17.2 Å². The van der Waals surface area contributed by atoms with E-state index in [4.69, 9.17) is 5.26 Å². The van der Waals surface area contributed by atoms with Crippen LogP contribution in [0.15, 0.2) is 11.4 Å². The van der Waals surface area contributed by atoms with Crippen molar-refractivity contribution in [2.45, 2.75) is 13.0 Å². The first-order valence-electron chi connectivity index (χ1n) is 4.80. The molecule has 0 N–H and O–H groups in total. The molecule has 4 heteroatoms. The number of rotatable bonds is 2. The fourth-order valence-electron chi connectivity index (χ4n) is 1.67. The van der Waals surface area contributed by atoms with Gasteiger partial charge in [-0.25, -0.2) is 0 Å². The van der Waals surface area contributed by atoms with E-state index in [1.165, 1.54) is 11.3 Å². The molecule has 0 aromatic carbocycles.